The molecule has 106 valence electrons. The summed E-state index contributed by atoms with van der Waals surface area (Å²) in [6.45, 7) is 0. The zero-order chi connectivity index (χ0) is 14.5. The van der Waals surface area contributed by atoms with Gasteiger partial charge in [0, 0.05) is 16.4 Å². The number of anilines is 1. The highest BCUT2D eigenvalue weighted by atomic mass is 79.9. The van der Waals surface area contributed by atoms with Gasteiger partial charge in [0.05, 0.1) is 5.39 Å². The Kier molecular flexibility index (Phi) is 4.62. The van der Waals surface area contributed by atoms with Gasteiger partial charge in [0.25, 0.3) is 0 Å². The number of fused-ring (bicyclic) bond motifs is 1. The van der Waals surface area contributed by atoms with Crippen LogP contribution in [0.15, 0.2) is 48.9 Å². The van der Waals surface area contributed by atoms with Gasteiger partial charge >= 0.3 is 0 Å². The first-order chi connectivity index (χ1) is 10.4. The zero-order valence-corrected chi connectivity index (χ0v) is 13.7. The lowest BCUT2D eigenvalue weighted by Crippen LogP contribution is -1.92. The third-order valence-corrected chi connectivity index (χ3v) is 4.52. The van der Waals surface area contributed by atoms with Crippen molar-refractivity contribution in [1.29, 1.82) is 0 Å². The number of benzene rings is 1. The predicted octanol–water partition coefficient (Wildman–Crippen LogP) is 4.71. The van der Waals surface area contributed by atoms with Gasteiger partial charge < -0.3 is 5.32 Å². The zero-order valence-electron chi connectivity index (χ0n) is 11.3. The monoisotopic (exact) mass is 359 g/mol. The molecule has 3 aromatic rings. The Morgan fingerprint density at radius 3 is 2.86 bits per heavy atom. The fourth-order valence-corrected chi connectivity index (χ4v) is 3.70. The molecule has 0 atom stereocenters. The van der Waals surface area contributed by atoms with E-state index in [0.29, 0.717) is 0 Å². The summed E-state index contributed by atoms with van der Waals surface area (Å²) in [5.74, 6) is 0.851. The minimum atomic E-state index is 0.851. The number of nitrogens with one attached hydrogen (secondary N) is 1. The summed E-state index contributed by atoms with van der Waals surface area (Å²) in [5, 5.41) is 5.30. The molecule has 0 saturated carbocycles. The van der Waals surface area contributed by atoms with Crippen molar-refractivity contribution < 1.29 is 0 Å². The molecule has 2 aromatic heterocycles. The van der Waals surface area contributed by atoms with Crippen LogP contribution in [0.1, 0.15) is 10.4 Å². The molecule has 0 saturated heterocycles. The largest absolute Gasteiger partial charge is 0.346 e. The van der Waals surface area contributed by atoms with Crippen LogP contribution in [-0.2, 0) is 6.42 Å². The van der Waals surface area contributed by atoms with Crippen molar-refractivity contribution >= 4 is 49.4 Å². The maximum Gasteiger partial charge on any atom is 0.142 e. The molecular formula is C16H14BrN3S. The number of halogens is 1. The summed E-state index contributed by atoms with van der Waals surface area (Å²) in [6, 6.07) is 12.3. The average molecular weight is 360 g/mol. The number of alkyl halides is 1. The molecule has 0 aliphatic rings. The molecule has 0 unspecified atom stereocenters. The lowest BCUT2D eigenvalue weighted by molar-refractivity contribution is 1.22. The van der Waals surface area contributed by atoms with Gasteiger partial charge in [-0.3, -0.25) is 0 Å². The van der Waals surface area contributed by atoms with Crippen LogP contribution in [0.5, 0.6) is 0 Å². The van der Waals surface area contributed by atoms with Crippen molar-refractivity contribution in [1.82, 2.24) is 9.97 Å². The van der Waals surface area contributed by atoms with Crippen LogP contribution in [0.3, 0.4) is 0 Å². The maximum atomic E-state index is 4.34. The fourth-order valence-electron chi connectivity index (χ4n) is 2.02. The van der Waals surface area contributed by atoms with Crippen LogP contribution < -0.4 is 5.32 Å². The van der Waals surface area contributed by atoms with Gasteiger partial charge in [-0.05, 0) is 24.1 Å². The second-order valence-corrected chi connectivity index (χ2v) is 6.39. The Labute approximate surface area is 135 Å². The first-order valence-electron chi connectivity index (χ1n) is 6.64. The van der Waals surface area contributed by atoms with E-state index in [9.17, 15) is 0 Å². The molecule has 0 spiro atoms. The van der Waals surface area contributed by atoms with E-state index in [0.717, 1.165) is 33.3 Å². The normalized spacial score (nSPS) is 11.3. The Morgan fingerprint density at radius 1 is 1.19 bits per heavy atom. The molecule has 1 N–H and O–H groups in total. The van der Waals surface area contributed by atoms with Gasteiger partial charge in [-0.2, -0.15) is 0 Å². The van der Waals surface area contributed by atoms with Crippen molar-refractivity contribution in [2.24, 2.45) is 0 Å². The number of nitrogens with zero attached hydrogens (tertiary/aromatic N) is 2. The van der Waals surface area contributed by atoms with E-state index in [1.165, 1.54) is 4.88 Å². The second-order valence-electron chi connectivity index (χ2n) is 4.48. The van der Waals surface area contributed by atoms with Crippen molar-refractivity contribution in [2.45, 2.75) is 6.42 Å². The summed E-state index contributed by atoms with van der Waals surface area (Å²) in [4.78, 5) is 11.0. The number of thiophene rings is 1. The molecule has 0 bridgehead atoms. The Bertz CT molecular complexity index is 753. The molecule has 0 fully saturated rings. The van der Waals surface area contributed by atoms with Gasteiger partial charge in [0.15, 0.2) is 0 Å². The molecule has 3 rings (SSSR count). The molecule has 2 heterocycles. The predicted molar refractivity (Wildman–Crippen MR) is 94.0 cm³/mol. The number of rotatable bonds is 5. The Morgan fingerprint density at radius 2 is 2.05 bits per heavy atom. The summed E-state index contributed by atoms with van der Waals surface area (Å²) < 4.78 is 0. The third-order valence-electron chi connectivity index (χ3n) is 3.02. The van der Waals surface area contributed by atoms with E-state index in [1.807, 2.05) is 30.5 Å². The smallest absolute Gasteiger partial charge is 0.142 e. The molecule has 1 aromatic carbocycles. The first kappa shape index (κ1) is 14.2. The van der Waals surface area contributed by atoms with Crippen LogP contribution in [0.2, 0.25) is 0 Å². The molecule has 5 heteroatoms. The van der Waals surface area contributed by atoms with Crippen molar-refractivity contribution in [3.63, 3.8) is 0 Å². The number of hydrogen-bond acceptors (Lipinski definition) is 4. The van der Waals surface area contributed by atoms with Crippen LogP contribution in [0.4, 0.5) is 5.82 Å². The lowest BCUT2D eigenvalue weighted by atomic mass is 10.2. The summed E-state index contributed by atoms with van der Waals surface area (Å²) in [6.07, 6.45) is 6.56. The van der Waals surface area contributed by atoms with E-state index in [1.54, 1.807) is 17.7 Å². The highest BCUT2D eigenvalue weighted by Crippen LogP contribution is 2.28. The van der Waals surface area contributed by atoms with Crippen LogP contribution >= 0.6 is 27.3 Å². The molecule has 21 heavy (non-hydrogen) atoms. The van der Waals surface area contributed by atoms with Gasteiger partial charge in [0.1, 0.15) is 17.0 Å². The van der Waals surface area contributed by atoms with Gasteiger partial charge in [-0.1, -0.05) is 46.3 Å². The third kappa shape index (κ3) is 3.49. The lowest BCUT2D eigenvalue weighted by Gasteiger charge is -2.00. The molecule has 0 radical (unpaired) electrons. The van der Waals surface area contributed by atoms with E-state index >= 15 is 0 Å². The second kappa shape index (κ2) is 6.83. The highest BCUT2D eigenvalue weighted by molar-refractivity contribution is 9.09. The maximum absolute atomic E-state index is 4.34. The van der Waals surface area contributed by atoms with Gasteiger partial charge in [-0.15, -0.1) is 11.3 Å². The summed E-state index contributed by atoms with van der Waals surface area (Å²) in [7, 11) is 0. The van der Waals surface area contributed by atoms with Crippen LogP contribution in [-0.4, -0.2) is 15.3 Å². The van der Waals surface area contributed by atoms with Gasteiger partial charge in [0.2, 0.25) is 0 Å². The molecule has 0 aliphatic heterocycles. The number of hydrogen-bond donors (Lipinski definition) is 1. The van der Waals surface area contributed by atoms with E-state index in [4.69, 9.17) is 0 Å². The van der Waals surface area contributed by atoms with Crippen LogP contribution in [0.25, 0.3) is 16.3 Å². The minimum absolute atomic E-state index is 0.851. The van der Waals surface area contributed by atoms with E-state index < -0.39 is 0 Å². The molecular weight excluding hydrogens is 346 g/mol. The Hall–Kier alpha value is -1.72. The van der Waals surface area contributed by atoms with Crippen molar-refractivity contribution in [3.8, 4) is 0 Å². The molecule has 0 aliphatic carbocycles. The quantitative estimate of drug-likeness (QED) is 0.670. The van der Waals surface area contributed by atoms with Crippen molar-refractivity contribution in [3.05, 3.63) is 59.4 Å². The summed E-state index contributed by atoms with van der Waals surface area (Å²) in [5.41, 5.74) is 1.15. The topological polar surface area (TPSA) is 37.8 Å². The first-order valence-corrected chi connectivity index (χ1v) is 8.58. The average Bonchev–Trinajstić information content (AvgIpc) is 2.92. The van der Waals surface area contributed by atoms with E-state index in [-0.39, 0.29) is 0 Å². The number of aryl methyl sites for hydroxylation is 1. The fraction of sp³-hybridized carbons (Fsp3) is 0.125. The molecule has 0 amide bonds. The standard InChI is InChI=1S/C16H14BrN3S/c17-8-6-13-10-14-15(19-11-20-16(14)21-13)18-9-7-12-4-2-1-3-5-12/h1-5,7,9-11H,6,8H2,(H,18,19,20). The number of aromatic nitrogens is 2. The Balaban J connectivity index is 1.82. The van der Waals surface area contributed by atoms with Gasteiger partial charge in [-0.25, -0.2) is 9.97 Å². The molecule has 3 nitrogen and oxygen atoms in total. The summed E-state index contributed by atoms with van der Waals surface area (Å²) >= 11 is 5.19. The van der Waals surface area contributed by atoms with Crippen molar-refractivity contribution in [2.75, 3.05) is 10.6 Å². The highest BCUT2D eigenvalue weighted by Gasteiger charge is 2.07. The minimum Gasteiger partial charge on any atom is -0.346 e. The van der Waals surface area contributed by atoms with E-state index in [2.05, 4.69) is 49.4 Å². The van der Waals surface area contributed by atoms with Crippen LogP contribution in [0, 0.1) is 0 Å². The SMILES string of the molecule is BrCCc1cc2c(NC=Cc3ccccc3)ncnc2s1.